The van der Waals surface area contributed by atoms with Gasteiger partial charge < -0.3 is 15.4 Å². The molecular weight excluding hydrogens is 212 g/mol. The highest BCUT2D eigenvalue weighted by Crippen LogP contribution is 2.42. The predicted octanol–water partition coefficient (Wildman–Crippen LogP) is 3.24. The second-order valence-electron chi connectivity index (χ2n) is 5.20. The number of fused-ring (bicyclic) bond motifs is 1. The van der Waals surface area contributed by atoms with Gasteiger partial charge in [-0.25, -0.2) is 0 Å². The van der Waals surface area contributed by atoms with Gasteiger partial charge in [0.15, 0.2) is 0 Å². The Morgan fingerprint density at radius 1 is 1.18 bits per heavy atom. The molecular formula is C14H20N2O. The van der Waals surface area contributed by atoms with Gasteiger partial charge in [0.1, 0.15) is 11.4 Å². The predicted molar refractivity (Wildman–Crippen MR) is 70.9 cm³/mol. The van der Waals surface area contributed by atoms with E-state index in [4.69, 9.17) is 4.74 Å². The zero-order valence-electron chi connectivity index (χ0n) is 10.4. The summed E-state index contributed by atoms with van der Waals surface area (Å²) in [6.07, 6.45) is 6.56. The fourth-order valence-electron chi connectivity index (χ4n) is 3.08. The van der Waals surface area contributed by atoms with Crippen molar-refractivity contribution in [2.45, 2.75) is 37.6 Å². The molecule has 2 N–H and O–H groups in total. The molecule has 0 saturated heterocycles. The molecule has 0 atom stereocenters. The molecule has 2 aliphatic rings. The average molecular weight is 232 g/mol. The molecule has 1 aromatic rings. The third-order valence-corrected chi connectivity index (χ3v) is 4.06. The van der Waals surface area contributed by atoms with Crippen LogP contribution in [-0.2, 0) is 0 Å². The molecule has 92 valence electrons. The number of methoxy groups -OCH3 is 1. The first-order valence-corrected chi connectivity index (χ1v) is 6.52. The van der Waals surface area contributed by atoms with Crippen molar-refractivity contribution < 1.29 is 4.74 Å². The Morgan fingerprint density at radius 3 is 2.76 bits per heavy atom. The lowest BCUT2D eigenvalue weighted by atomic mass is 9.80. The Morgan fingerprint density at radius 2 is 2.00 bits per heavy atom. The lowest BCUT2D eigenvalue weighted by molar-refractivity contribution is 0.331. The summed E-state index contributed by atoms with van der Waals surface area (Å²) >= 11 is 0. The van der Waals surface area contributed by atoms with E-state index >= 15 is 0 Å². The normalized spacial score (nSPS) is 21.2. The molecule has 1 aromatic carbocycles. The van der Waals surface area contributed by atoms with Crippen LogP contribution < -0.4 is 15.4 Å². The summed E-state index contributed by atoms with van der Waals surface area (Å²) in [5.41, 5.74) is 2.56. The molecule has 1 spiro atoms. The molecule has 0 bridgehead atoms. The fraction of sp³-hybridized carbons (Fsp3) is 0.571. The maximum absolute atomic E-state index is 5.44. The molecule has 1 aliphatic carbocycles. The van der Waals surface area contributed by atoms with E-state index in [1.165, 1.54) is 37.8 Å². The summed E-state index contributed by atoms with van der Waals surface area (Å²) in [6.45, 7) is 1.03. The van der Waals surface area contributed by atoms with Gasteiger partial charge in [0.25, 0.3) is 0 Å². The summed E-state index contributed by atoms with van der Waals surface area (Å²) in [5, 5.41) is 7.30. The number of hydrogen-bond donors (Lipinski definition) is 2. The Kier molecular flexibility index (Phi) is 2.61. The topological polar surface area (TPSA) is 33.3 Å². The second kappa shape index (κ2) is 4.13. The van der Waals surface area contributed by atoms with Gasteiger partial charge in [-0.15, -0.1) is 0 Å². The highest BCUT2D eigenvalue weighted by atomic mass is 16.5. The van der Waals surface area contributed by atoms with Crippen LogP contribution in [0.15, 0.2) is 18.2 Å². The van der Waals surface area contributed by atoms with Gasteiger partial charge in [0.05, 0.1) is 18.3 Å². The number of benzene rings is 1. The zero-order valence-corrected chi connectivity index (χ0v) is 10.4. The molecule has 1 heterocycles. The van der Waals surface area contributed by atoms with Crippen molar-refractivity contribution in [1.82, 2.24) is 0 Å². The first kappa shape index (κ1) is 10.8. The number of rotatable bonds is 1. The van der Waals surface area contributed by atoms with E-state index < -0.39 is 0 Å². The Hall–Kier alpha value is -1.38. The summed E-state index contributed by atoms with van der Waals surface area (Å²) < 4.78 is 5.44. The van der Waals surface area contributed by atoms with Crippen LogP contribution >= 0.6 is 0 Å². The van der Waals surface area contributed by atoms with E-state index in [2.05, 4.69) is 16.7 Å². The Bertz CT molecular complexity index is 396. The van der Waals surface area contributed by atoms with Crippen LogP contribution in [0.5, 0.6) is 5.75 Å². The summed E-state index contributed by atoms with van der Waals surface area (Å²) in [7, 11) is 1.74. The van der Waals surface area contributed by atoms with Crippen molar-refractivity contribution in [1.29, 1.82) is 0 Å². The van der Waals surface area contributed by atoms with Crippen LogP contribution in [0.25, 0.3) is 0 Å². The van der Waals surface area contributed by atoms with E-state index in [1.54, 1.807) is 7.11 Å². The van der Waals surface area contributed by atoms with Gasteiger partial charge in [-0.3, -0.25) is 0 Å². The molecule has 17 heavy (non-hydrogen) atoms. The van der Waals surface area contributed by atoms with Crippen LogP contribution in [0.4, 0.5) is 11.4 Å². The van der Waals surface area contributed by atoms with Crippen molar-refractivity contribution in [3.05, 3.63) is 18.2 Å². The minimum Gasteiger partial charge on any atom is -0.495 e. The minimum atomic E-state index is 0.250. The number of hydrogen-bond acceptors (Lipinski definition) is 3. The zero-order chi connectivity index (χ0) is 11.7. The van der Waals surface area contributed by atoms with Gasteiger partial charge in [-0.1, -0.05) is 25.3 Å². The van der Waals surface area contributed by atoms with Crippen LogP contribution in [0.2, 0.25) is 0 Å². The van der Waals surface area contributed by atoms with Gasteiger partial charge in [0, 0.05) is 6.54 Å². The van der Waals surface area contributed by atoms with E-state index in [-0.39, 0.29) is 5.54 Å². The lowest BCUT2D eigenvalue weighted by Crippen LogP contribution is -2.49. The molecule has 0 amide bonds. The highest BCUT2D eigenvalue weighted by Gasteiger charge is 2.36. The molecule has 1 saturated carbocycles. The molecule has 3 heteroatoms. The van der Waals surface area contributed by atoms with Crippen LogP contribution in [0.3, 0.4) is 0 Å². The number of ether oxygens (including phenoxy) is 1. The standard InChI is InChI=1S/C14H20N2O/c1-17-12-7-5-6-11-13(12)16-14(10-15-11)8-3-2-4-9-14/h5-7,15-16H,2-4,8-10H2,1H3. The summed E-state index contributed by atoms with van der Waals surface area (Å²) in [6, 6.07) is 6.17. The number of anilines is 2. The van der Waals surface area contributed by atoms with Gasteiger partial charge in [0.2, 0.25) is 0 Å². The first-order chi connectivity index (χ1) is 8.33. The number of para-hydroxylation sites is 1. The van der Waals surface area contributed by atoms with Crippen molar-refractivity contribution >= 4 is 11.4 Å². The number of nitrogens with one attached hydrogen (secondary N) is 2. The fourth-order valence-corrected chi connectivity index (χ4v) is 3.08. The van der Waals surface area contributed by atoms with Crippen LogP contribution in [0.1, 0.15) is 32.1 Å². The maximum Gasteiger partial charge on any atom is 0.144 e. The first-order valence-electron chi connectivity index (χ1n) is 6.52. The van der Waals surface area contributed by atoms with Gasteiger partial charge in [-0.2, -0.15) is 0 Å². The van der Waals surface area contributed by atoms with E-state index in [0.29, 0.717) is 0 Å². The highest BCUT2D eigenvalue weighted by molar-refractivity contribution is 5.78. The van der Waals surface area contributed by atoms with Crippen LogP contribution in [-0.4, -0.2) is 19.2 Å². The second-order valence-corrected chi connectivity index (χ2v) is 5.20. The monoisotopic (exact) mass is 232 g/mol. The van der Waals surface area contributed by atoms with Crippen molar-refractivity contribution in [2.24, 2.45) is 0 Å². The third kappa shape index (κ3) is 1.84. The maximum atomic E-state index is 5.44. The largest absolute Gasteiger partial charge is 0.495 e. The minimum absolute atomic E-state index is 0.250. The average Bonchev–Trinajstić information content (AvgIpc) is 2.39. The van der Waals surface area contributed by atoms with Crippen molar-refractivity contribution in [3.63, 3.8) is 0 Å². The summed E-state index contributed by atoms with van der Waals surface area (Å²) in [5.74, 6) is 0.944. The third-order valence-electron chi connectivity index (χ3n) is 4.06. The SMILES string of the molecule is COc1cccc2c1NC1(CCCCC1)CN2. The van der Waals surface area contributed by atoms with E-state index in [1.807, 2.05) is 12.1 Å². The molecule has 3 rings (SSSR count). The molecule has 0 aromatic heterocycles. The molecule has 0 unspecified atom stereocenters. The Balaban J connectivity index is 1.93. The molecule has 1 fully saturated rings. The lowest BCUT2D eigenvalue weighted by Gasteiger charge is -2.43. The van der Waals surface area contributed by atoms with Crippen LogP contribution in [0, 0.1) is 0 Å². The van der Waals surface area contributed by atoms with E-state index in [9.17, 15) is 0 Å². The quantitative estimate of drug-likeness (QED) is 0.780. The van der Waals surface area contributed by atoms with Gasteiger partial charge in [-0.05, 0) is 25.0 Å². The molecule has 0 radical (unpaired) electrons. The smallest absolute Gasteiger partial charge is 0.144 e. The molecule has 3 nitrogen and oxygen atoms in total. The van der Waals surface area contributed by atoms with E-state index in [0.717, 1.165) is 18.0 Å². The summed E-state index contributed by atoms with van der Waals surface area (Å²) in [4.78, 5) is 0. The van der Waals surface area contributed by atoms with Crippen molar-refractivity contribution in [3.8, 4) is 5.75 Å². The van der Waals surface area contributed by atoms with Gasteiger partial charge >= 0.3 is 0 Å². The molecule has 1 aliphatic heterocycles. The van der Waals surface area contributed by atoms with Crippen molar-refractivity contribution in [2.75, 3.05) is 24.3 Å². The Labute approximate surface area is 103 Å².